The molecule has 3 saturated heterocycles. The maximum Gasteiger partial charge on any atom is 0.275 e. The Kier molecular flexibility index (Phi) is 4.50. The summed E-state index contributed by atoms with van der Waals surface area (Å²) in [6, 6.07) is 0.00791. The summed E-state index contributed by atoms with van der Waals surface area (Å²) in [5.74, 6) is 0.772. The van der Waals surface area contributed by atoms with Crippen LogP contribution in [0, 0.1) is 12.3 Å². The molecular formula is C19H28N4O3. The van der Waals surface area contributed by atoms with E-state index in [1.54, 1.807) is 6.92 Å². The van der Waals surface area contributed by atoms with Crippen molar-refractivity contribution in [2.75, 3.05) is 39.8 Å². The SMILES string of the molecule is Cc1nc(C(=O)N2CCC3(CC2)CC(C(=O)N2CCCC2)N(C)C3)co1. The second-order valence-corrected chi connectivity index (χ2v) is 8.21. The van der Waals surface area contributed by atoms with E-state index in [9.17, 15) is 9.59 Å². The zero-order chi connectivity index (χ0) is 18.3. The molecule has 1 unspecified atom stereocenters. The van der Waals surface area contributed by atoms with Crippen LogP contribution in [0.2, 0.25) is 0 Å². The van der Waals surface area contributed by atoms with E-state index in [0.29, 0.717) is 17.5 Å². The highest BCUT2D eigenvalue weighted by atomic mass is 16.3. The van der Waals surface area contributed by atoms with Crippen molar-refractivity contribution in [2.45, 2.75) is 45.1 Å². The summed E-state index contributed by atoms with van der Waals surface area (Å²) >= 11 is 0. The highest BCUT2D eigenvalue weighted by Crippen LogP contribution is 2.43. The molecule has 0 radical (unpaired) electrons. The Bertz CT molecular complexity index is 687. The quantitative estimate of drug-likeness (QED) is 0.800. The van der Waals surface area contributed by atoms with Crippen LogP contribution in [0.25, 0.3) is 0 Å². The van der Waals surface area contributed by atoms with E-state index in [1.165, 1.54) is 6.26 Å². The van der Waals surface area contributed by atoms with Gasteiger partial charge in [-0.25, -0.2) is 4.98 Å². The molecule has 4 heterocycles. The summed E-state index contributed by atoms with van der Waals surface area (Å²) in [6.45, 7) is 5.97. The largest absolute Gasteiger partial charge is 0.448 e. The molecule has 4 rings (SSSR count). The first-order valence-electron chi connectivity index (χ1n) is 9.68. The van der Waals surface area contributed by atoms with Crippen molar-refractivity contribution in [3.8, 4) is 0 Å². The smallest absolute Gasteiger partial charge is 0.275 e. The van der Waals surface area contributed by atoms with Gasteiger partial charge < -0.3 is 14.2 Å². The van der Waals surface area contributed by atoms with Crippen LogP contribution in [0.3, 0.4) is 0 Å². The number of likely N-dealkylation sites (N-methyl/N-ethyl adjacent to an activating group) is 1. The van der Waals surface area contributed by atoms with Crippen molar-refractivity contribution in [1.29, 1.82) is 0 Å². The highest BCUT2D eigenvalue weighted by molar-refractivity contribution is 5.92. The Balaban J connectivity index is 1.37. The van der Waals surface area contributed by atoms with Gasteiger partial charge in [0.15, 0.2) is 11.6 Å². The predicted octanol–water partition coefficient (Wildman–Crippen LogP) is 1.53. The van der Waals surface area contributed by atoms with Crippen molar-refractivity contribution < 1.29 is 14.0 Å². The molecule has 7 nitrogen and oxygen atoms in total. The fourth-order valence-electron chi connectivity index (χ4n) is 4.86. The first-order valence-corrected chi connectivity index (χ1v) is 9.68. The standard InChI is InChI=1S/C19H28N4O3/c1-14-20-15(12-26-14)17(24)23-9-5-19(6-10-23)11-16(21(2)13-19)18(25)22-7-3-4-8-22/h12,16H,3-11,13H2,1-2H3. The molecule has 0 aromatic carbocycles. The lowest BCUT2D eigenvalue weighted by Gasteiger charge is -2.39. The molecule has 3 fully saturated rings. The summed E-state index contributed by atoms with van der Waals surface area (Å²) in [5, 5.41) is 0. The summed E-state index contributed by atoms with van der Waals surface area (Å²) in [6.07, 6.45) is 6.52. The molecule has 3 aliphatic heterocycles. The zero-order valence-corrected chi connectivity index (χ0v) is 15.7. The third kappa shape index (κ3) is 3.13. The average molecular weight is 360 g/mol. The van der Waals surface area contributed by atoms with Crippen LogP contribution < -0.4 is 0 Å². The van der Waals surface area contributed by atoms with Gasteiger partial charge in [0.05, 0.1) is 6.04 Å². The number of piperidine rings is 1. The van der Waals surface area contributed by atoms with E-state index in [0.717, 1.165) is 64.8 Å². The van der Waals surface area contributed by atoms with Crippen molar-refractivity contribution >= 4 is 11.8 Å². The van der Waals surface area contributed by atoms with Crippen LogP contribution in [0.5, 0.6) is 0 Å². The number of aryl methyl sites for hydroxylation is 1. The molecule has 0 aliphatic carbocycles. The van der Waals surface area contributed by atoms with E-state index in [2.05, 4.69) is 16.9 Å². The first-order chi connectivity index (χ1) is 12.5. The number of carbonyl (C=O) groups is 2. The van der Waals surface area contributed by atoms with Crippen molar-refractivity contribution in [3.05, 3.63) is 17.8 Å². The van der Waals surface area contributed by atoms with Gasteiger partial charge in [-0.15, -0.1) is 0 Å². The summed E-state index contributed by atoms with van der Waals surface area (Å²) in [7, 11) is 2.07. The number of oxazole rings is 1. The second-order valence-electron chi connectivity index (χ2n) is 8.21. The third-order valence-electron chi connectivity index (χ3n) is 6.40. The average Bonchev–Trinajstić information content (AvgIpc) is 3.36. The molecule has 3 aliphatic rings. The van der Waals surface area contributed by atoms with Gasteiger partial charge in [-0.1, -0.05) is 0 Å². The molecule has 1 aromatic heterocycles. The Hall–Kier alpha value is -1.89. The first kappa shape index (κ1) is 17.5. The van der Waals surface area contributed by atoms with E-state index < -0.39 is 0 Å². The molecular weight excluding hydrogens is 332 g/mol. The van der Waals surface area contributed by atoms with Gasteiger partial charge in [0.25, 0.3) is 5.91 Å². The topological polar surface area (TPSA) is 69.9 Å². The van der Waals surface area contributed by atoms with E-state index >= 15 is 0 Å². The summed E-state index contributed by atoms with van der Waals surface area (Å²) in [5.41, 5.74) is 0.551. The molecule has 2 amide bonds. The molecule has 0 N–H and O–H groups in total. The minimum Gasteiger partial charge on any atom is -0.448 e. The maximum absolute atomic E-state index is 12.8. The number of aromatic nitrogens is 1. The van der Waals surface area contributed by atoms with Crippen molar-refractivity contribution in [3.63, 3.8) is 0 Å². The molecule has 1 spiro atoms. The number of likely N-dealkylation sites (tertiary alicyclic amines) is 3. The van der Waals surface area contributed by atoms with Crippen LogP contribution in [-0.4, -0.2) is 77.3 Å². The van der Waals surface area contributed by atoms with E-state index in [1.807, 2.05) is 9.80 Å². The number of hydrogen-bond donors (Lipinski definition) is 0. The Labute approximate surface area is 154 Å². The number of carbonyl (C=O) groups excluding carboxylic acids is 2. The van der Waals surface area contributed by atoms with Gasteiger partial charge in [-0.2, -0.15) is 0 Å². The van der Waals surface area contributed by atoms with E-state index in [-0.39, 0.29) is 17.4 Å². The van der Waals surface area contributed by atoms with Gasteiger partial charge in [0.2, 0.25) is 5.91 Å². The summed E-state index contributed by atoms with van der Waals surface area (Å²) < 4.78 is 5.17. The lowest BCUT2D eigenvalue weighted by molar-refractivity contribution is -0.134. The fraction of sp³-hybridized carbons (Fsp3) is 0.737. The van der Waals surface area contributed by atoms with Gasteiger partial charge in [0.1, 0.15) is 6.26 Å². The minimum absolute atomic E-state index is 0.00791. The molecule has 0 saturated carbocycles. The monoisotopic (exact) mass is 360 g/mol. The van der Waals surface area contributed by atoms with Crippen molar-refractivity contribution in [2.24, 2.45) is 5.41 Å². The van der Waals surface area contributed by atoms with Crippen LogP contribution in [-0.2, 0) is 4.79 Å². The molecule has 142 valence electrons. The number of rotatable bonds is 2. The van der Waals surface area contributed by atoms with Gasteiger partial charge in [0, 0.05) is 39.6 Å². The number of amides is 2. The van der Waals surface area contributed by atoms with Crippen LogP contribution in [0.15, 0.2) is 10.7 Å². The lowest BCUT2D eigenvalue weighted by Crippen LogP contribution is -2.44. The van der Waals surface area contributed by atoms with Gasteiger partial charge in [-0.3, -0.25) is 14.5 Å². The molecule has 1 aromatic rings. The third-order valence-corrected chi connectivity index (χ3v) is 6.40. The van der Waals surface area contributed by atoms with Gasteiger partial charge >= 0.3 is 0 Å². The lowest BCUT2D eigenvalue weighted by atomic mass is 9.76. The van der Waals surface area contributed by atoms with Crippen LogP contribution in [0.4, 0.5) is 0 Å². The molecule has 26 heavy (non-hydrogen) atoms. The summed E-state index contributed by atoms with van der Waals surface area (Å²) in [4.78, 5) is 35.7. The molecule has 0 bridgehead atoms. The Morgan fingerprint density at radius 2 is 1.85 bits per heavy atom. The maximum atomic E-state index is 12.8. The highest BCUT2D eigenvalue weighted by Gasteiger charge is 2.48. The zero-order valence-electron chi connectivity index (χ0n) is 15.7. The Morgan fingerprint density at radius 1 is 1.15 bits per heavy atom. The second kappa shape index (κ2) is 6.68. The molecule has 1 atom stereocenters. The number of hydrogen-bond acceptors (Lipinski definition) is 5. The number of nitrogens with zero attached hydrogens (tertiary/aromatic N) is 4. The predicted molar refractivity (Wildman–Crippen MR) is 95.7 cm³/mol. The minimum atomic E-state index is -0.0484. The van der Waals surface area contributed by atoms with E-state index in [4.69, 9.17) is 4.42 Å². The van der Waals surface area contributed by atoms with Crippen molar-refractivity contribution in [1.82, 2.24) is 19.7 Å². The normalized spacial score (nSPS) is 26.0. The fourth-order valence-corrected chi connectivity index (χ4v) is 4.86. The Morgan fingerprint density at radius 3 is 2.46 bits per heavy atom. The molecule has 7 heteroatoms. The van der Waals surface area contributed by atoms with Crippen LogP contribution >= 0.6 is 0 Å². The van der Waals surface area contributed by atoms with Gasteiger partial charge in [-0.05, 0) is 44.6 Å². The van der Waals surface area contributed by atoms with Crippen LogP contribution in [0.1, 0.15) is 48.5 Å².